The van der Waals surface area contributed by atoms with E-state index >= 15 is 0 Å². The van der Waals surface area contributed by atoms with Gasteiger partial charge in [-0.05, 0) is 24.8 Å². The minimum atomic E-state index is -0.137. The summed E-state index contributed by atoms with van der Waals surface area (Å²) >= 11 is 0. The summed E-state index contributed by atoms with van der Waals surface area (Å²) in [6, 6.07) is 3.92. The van der Waals surface area contributed by atoms with Gasteiger partial charge in [-0.3, -0.25) is 0 Å². The Balaban J connectivity index is 1.80. The Kier molecular flexibility index (Phi) is 4.96. The molecule has 2 unspecified atom stereocenters. The number of nitrogens with one attached hydrogen (secondary N) is 1. The van der Waals surface area contributed by atoms with E-state index in [0.29, 0.717) is 11.8 Å². The molecule has 4 heteroatoms. The fourth-order valence-electron chi connectivity index (χ4n) is 2.56. The molecule has 0 aliphatic heterocycles. The molecule has 100 valence electrons. The molecule has 18 heavy (non-hydrogen) atoms. The number of aromatic nitrogens is 1. The van der Waals surface area contributed by atoms with Crippen LogP contribution in [-0.4, -0.2) is 29.8 Å². The van der Waals surface area contributed by atoms with Crippen molar-refractivity contribution in [3.05, 3.63) is 23.9 Å². The number of hydrogen-bond donors (Lipinski definition) is 2. The highest BCUT2D eigenvalue weighted by molar-refractivity contribution is 5.24. The maximum atomic E-state index is 9.89. The standard InChI is InChI=1S/C14H22N2O2/c1-18-14-12(6-4-8-16-14)10-15-9-11-5-2-3-7-13(11)17/h4,6,8,11,13,15,17H,2-3,5,7,9-10H2,1H3. The molecule has 0 radical (unpaired) electrons. The molecule has 0 bridgehead atoms. The molecule has 1 aromatic rings. The molecule has 0 amide bonds. The van der Waals surface area contributed by atoms with E-state index in [1.165, 1.54) is 6.42 Å². The molecule has 1 aliphatic rings. The van der Waals surface area contributed by atoms with Gasteiger partial charge in [-0.15, -0.1) is 0 Å². The smallest absolute Gasteiger partial charge is 0.217 e. The van der Waals surface area contributed by atoms with Crippen LogP contribution in [0.3, 0.4) is 0 Å². The first-order valence-corrected chi connectivity index (χ1v) is 6.68. The lowest BCUT2D eigenvalue weighted by atomic mass is 9.86. The Morgan fingerprint density at radius 3 is 3.06 bits per heavy atom. The van der Waals surface area contributed by atoms with Crippen LogP contribution in [0.15, 0.2) is 18.3 Å². The summed E-state index contributed by atoms with van der Waals surface area (Å²) in [5.41, 5.74) is 1.06. The molecule has 1 fully saturated rings. The number of pyridine rings is 1. The van der Waals surface area contributed by atoms with Crippen LogP contribution >= 0.6 is 0 Å². The first kappa shape index (κ1) is 13.3. The van der Waals surface area contributed by atoms with Gasteiger partial charge in [0.2, 0.25) is 5.88 Å². The average Bonchev–Trinajstić information content (AvgIpc) is 2.41. The molecule has 0 spiro atoms. The van der Waals surface area contributed by atoms with Crippen molar-refractivity contribution in [1.82, 2.24) is 10.3 Å². The molecule has 2 rings (SSSR count). The number of hydrogen-bond acceptors (Lipinski definition) is 4. The highest BCUT2D eigenvalue weighted by Gasteiger charge is 2.22. The van der Waals surface area contributed by atoms with E-state index in [1.54, 1.807) is 13.3 Å². The van der Waals surface area contributed by atoms with Crippen molar-refractivity contribution in [2.24, 2.45) is 5.92 Å². The Morgan fingerprint density at radius 2 is 2.28 bits per heavy atom. The van der Waals surface area contributed by atoms with Gasteiger partial charge in [0.25, 0.3) is 0 Å². The lowest BCUT2D eigenvalue weighted by Gasteiger charge is -2.27. The van der Waals surface area contributed by atoms with Gasteiger partial charge in [-0.25, -0.2) is 4.98 Å². The molecule has 1 heterocycles. The maximum Gasteiger partial charge on any atom is 0.217 e. The van der Waals surface area contributed by atoms with Gasteiger partial charge >= 0.3 is 0 Å². The third-order valence-electron chi connectivity index (χ3n) is 3.63. The van der Waals surface area contributed by atoms with Gasteiger partial charge < -0.3 is 15.2 Å². The number of nitrogens with zero attached hydrogens (tertiary/aromatic N) is 1. The van der Waals surface area contributed by atoms with Crippen LogP contribution in [0.1, 0.15) is 31.2 Å². The van der Waals surface area contributed by atoms with E-state index in [-0.39, 0.29) is 6.10 Å². The van der Waals surface area contributed by atoms with Crippen LogP contribution in [-0.2, 0) is 6.54 Å². The summed E-state index contributed by atoms with van der Waals surface area (Å²) in [5, 5.41) is 13.3. The van der Waals surface area contributed by atoms with Crippen molar-refractivity contribution in [1.29, 1.82) is 0 Å². The summed E-state index contributed by atoms with van der Waals surface area (Å²) in [5.74, 6) is 1.07. The second-order valence-electron chi connectivity index (χ2n) is 4.91. The maximum absolute atomic E-state index is 9.89. The van der Waals surface area contributed by atoms with Crippen LogP contribution in [0, 0.1) is 5.92 Å². The minimum Gasteiger partial charge on any atom is -0.481 e. The molecule has 2 N–H and O–H groups in total. The van der Waals surface area contributed by atoms with Gasteiger partial charge in [0.1, 0.15) is 0 Å². The predicted molar refractivity (Wildman–Crippen MR) is 70.5 cm³/mol. The van der Waals surface area contributed by atoms with Gasteiger partial charge in [-0.1, -0.05) is 18.9 Å². The highest BCUT2D eigenvalue weighted by atomic mass is 16.5. The molecule has 1 aromatic heterocycles. The monoisotopic (exact) mass is 250 g/mol. The predicted octanol–water partition coefficient (Wildman–Crippen LogP) is 1.73. The molecule has 4 nitrogen and oxygen atoms in total. The molecular weight excluding hydrogens is 228 g/mol. The summed E-state index contributed by atoms with van der Waals surface area (Å²) in [6.07, 6.45) is 6.06. The summed E-state index contributed by atoms with van der Waals surface area (Å²) < 4.78 is 5.21. The van der Waals surface area contributed by atoms with Crippen molar-refractivity contribution >= 4 is 0 Å². The molecule has 1 saturated carbocycles. The SMILES string of the molecule is COc1ncccc1CNCC1CCCCC1O. The number of methoxy groups -OCH3 is 1. The quantitative estimate of drug-likeness (QED) is 0.835. The third kappa shape index (κ3) is 3.43. The first-order valence-electron chi connectivity index (χ1n) is 6.68. The van der Waals surface area contributed by atoms with Crippen molar-refractivity contribution in [3.63, 3.8) is 0 Å². The van der Waals surface area contributed by atoms with Gasteiger partial charge in [0.05, 0.1) is 13.2 Å². The Hall–Kier alpha value is -1.13. The van der Waals surface area contributed by atoms with E-state index in [4.69, 9.17) is 4.74 Å². The lowest BCUT2D eigenvalue weighted by molar-refractivity contribution is 0.0695. The molecule has 0 aromatic carbocycles. The van der Waals surface area contributed by atoms with Crippen LogP contribution < -0.4 is 10.1 Å². The van der Waals surface area contributed by atoms with Gasteiger partial charge in [-0.2, -0.15) is 0 Å². The van der Waals surface area contributed by atoms with E-state index < -0.39 is 0 Å². The Bertz CT molecular complexity index is 371. The molecule has 1 aliphatic carbocycles. The van der Waals surface area contributed by atoms with Crippen molar-refractivity contribution in [2.45, 2.75) is 38.3 Å². The second kappa shape index (κ2) is 6.71. The van der Waals surface area contributed by atoms with Crippen LogP contribution in [0.2, 0.25) is 0 Å². The van der Waals surface area contributed by atoms with Crippen molar-refractivity contribution < 1.29 is 9.84 Å². The second-order valence-corrected chi connectivity index (χ2v) is 4.91. The van der Waals surface area contributed by atoms with Gasteiger partial charge in [0, 0.05) is 24.8 Å². The third-order valence-corrected chi connectivity index (χ3v) is 3.63. The molecular formula is C14H22N2O2. The molecule has 2 atom stereocenters. The lowest BCUT2D eigenvalue weighted by Crippen LogP contribution is -2.33. The van der Waals surface area contributed by atoms with Crippen molar-refractivity contribution in [2.75, 3.05) is 13.7 Å². The highest BCUT2D eigenvalue weighted by Crippen LogP contribution is 2.23. The number of aliphatic hydroxyl groups excluding tert-OH is 1. The van der Waals surface area contributed by atoms with E-state index in [9.17, 15) is 5.11 Å². The number of ether oxygens (including phenoxy) is 1. The van der Waals surface area contributed by atoms with E-state index in [0.717, 1.165) is 37.9 Å². The van der Waals surface area contributed by atoms with Crippen molar-refractivity contribution in [3.8, 4) is 5.88 Å². The topological polar surface area (TPSA) is 54.4 Å². The zero-order chi connectivity index (χ0) is 12.8. The fraction of sp³-hybridized carbons (Fsp3) is 0.643. The normalized spacial score (nSPS) is 23.9. The largest absolute Gasteiger partial charge is 0.481 e. The zero-order valence-corrected chi connectivity index (χ0v) is 10.9. The van der Waals surface area contributed by atoms with E-state index in [1.807, 2.05) is 12.1 Å². The van der Waals surface area contributed by atoms with Crippen LogP contribution in [0.5, 0.6) is 5.88 Å². The van der Waals surface area contributed by atoms with Crippen LogP contribution in [0.4, 0.5) is 0 Å². The summed E-state index contributed by atoms with van der Waals surface area (Å²) in [6.45, 7) is 1.60. The minimum absolute atomic E-state index is 0.137. The first-order chi connectivity index (χ1) is 8.81. The fourth-order valence-corrected chi connectivity index (χ4v) is 2.56. The average molecular weight is 250 g/mol. The van der Waals surface area contributed by atoms with Crippen LogP contribution in [0.25, 0.3) is 0 Å². The van der Waals surface area contributed by atoms with E-state index in [2.05, 4.69) is 10.3 Å². The number of aliphatic hydroxyl groups is 1. The Labute approximate surface area is 108 Å². The van der Waals surface area contributed by atoms with Gasteiger partial charge in [0.15, 0.2) is 0 Å². The molecule has 0 saturated heterocycles. The number of rotatable bonds is 5. The Morgan fingerprint density at radius 1 is 1.44 bits per heavy atom. The summed E-state index contributed by atoms with van der Waals surface area (Å²) in [4.78, 5) is 4.17. The summed E-state index contributed by atoms with van der Waals surface area (Å²) in [7, 11) is 1.64. The zero-order valence-electron chi connectivity index (χ0n) is 10.9.